The molecule has 2 rings (SSSR count). The molecule has 0 spiro atoms. The minimum atomic E-state index is -0.489. The van der Waals surface area contributed by atoms with E-state index in [1.165, 1.54) is 6.20 Å². The minimum Gasteiger partial charge on any atom is -0.368 e. The summed E-state index contributed by atoms with van der Waals surface area (Å²) in [6.07, 6.45) is 1.16. The zero-order chi connectivity index (χ0) is 7.84. The van der Waals surface area contributed by atoms with Crippen LogP contribution < -0.4 is 0 Å². The lowest BCUT2D eigenvalue weighted by Crippen LogP contribution is -1.91. The fourth-order valence-electron chi connectivity index (χ4n) is 0.892. The van der Waals surface area contributed by atoms with Gasteiger partial charge in [-0.05, 0) is 6.07 Å². The van der Waals surface area contributed by atoms with Gasteiger partial charge in [0.2, 0.25) is 5.95 Å². The van der Waals surface area contributed by atoms with Gasteiger partial charge >= 0.3 is 0 Å². The summed E-state index contributed by atoms with van der Waals surface area (Å²) in [4.78, 5) is 3.46. The highest BCUT2D eigenvalue weighted by Crippen LogP contribution is 2.31. The van der Waals surface area contributed by atoms with Gasteiger partial charge in [-0.15, -0.1) is 0 Å². The van der Waals surface area contributed by atoms with Crippen molar-refractivity contribution in [2.45, 2.75) is 6.10 Å². The first-order valence-corrected chi connectivity index (χ1v) is 3.58. The molecule has 1 aliphatic rings. The molecule has 0 bridgehead atoms. The molecule has 0 aliphatic carbocycles. The summed E-state index contributed by atoms with van der Waals surface area (Å²) in [7, 11) is 0. The first kappa shape index (κ1) is 7.00. The van der Waals surface area contributed by atoms with Gasteiger partial charge < -0.3 is 4.74 Å². The van der Waals surface area contributed by atoms with E-state index < -0.39 is 5.95 Å². The van der Waals surface area contributed by atoms with E-state index in [9.17, 15) is 4.39 Å². The molecule has 0 N–H and O–H groups in total. The quantitative estimate of drug-likeness (QED) is 0.479. The predicted octanol–water partition coefficient (Wildman–Crippen LogP) is 1.95. The Kier molecular flexibility index (Phi) is 1.55. The number of rotatable bonds is 1. The number of hydrogen-bond donors (Lipinski definition) is 0. The average molecular weight is 174 g/mol. The van der Waals surface area contributed by atoms with E-state index >= 15 is 0 Å². The third-order valence-electron chi connectivity index (χ3n) is 1.51. The van der Waals surface area contributed by atoms with Crippen LogP contribution in [-0.4, -0.2) is 11.6 Å². The molecular weight excluding hydrogens is 169 g/mol. The van der Waals surface area contributed by atoms with Crippen molar-refractivity contribution in [3.63, 3.8) is 0 Å². The molecule has 0 amide bonds. The maximum atomic E-state index is 12.8. The van der Waals surface area contributed by atoms with Gasteiger partial charge in [0.05, 0.1) is 11.6 Å². The van der Waals surface area contributed by atoms with E-state index in [2.05, 4.69) is 4.98 Å². The van der Waals surface area contributed by atoms with E-state index in [4.69, 9.17) is 16.3 Å². The molecule has 1 aromatic heterocycles. The van der Waals surface area contributed by atoms with Crippen LogP contribution in [0, 0.1) is 5.95 Å². The SMILES string of the molecule is Fc1ncc(Cl)cc1[C@H]1CO1. The molecule has 11 heavy (non-hydrogen) atoms. The number of aromatic nitrogens is 1. The van der Waals surface area contributed by atoms with Gasteiger partial charge in [-0.2, -0.15) is 4.39 Å². The lowest BCUT2D eigenvalue weighted by atomic mass is 10.2. The molecule has 0 unspecified atom stereocenters. The molecule has 1 saturated heterocycles. The topological polar surface area (TPSA) is 25.4 Å². The van der Waals surface area contributed by atoms with Crippen LogP contribution in [0.3, 0.4) is 0 Å². The Bertz CT molecular complexity index is 288. The van der Waals surface area contributed by atoms with Crippen molar-refractivity contribution in [1.82, 2.24) is 4.98 Å². The van der Waals surface area contributed by atoms with Gasteiger partial charge in [-0.3, -0.25) is 0 Å². The Hall–Kier alpha value is -0.670. The lowest BCUT2D eigenvalue weighted by molar-refractivity contribution is 0.404. The van der Waals surface area contributed by atoms with Crippen LogP contribution in [0.25, 0.3) is 0 Å². The number of nitrogens with zero attached hydrogens (tertiary/aromatic N) is 1. The van der Waals surface area contributed by atoms with E-state index in [0.29, 0.717) is 17.2 Å². The predicted molar refractivity (Wildman–Crippen MR) is 37.9 cm³/mol. The molecule has 1 aromatic rings. The highest BCUT2D eigenvalue weighted by atomic mass is 35.5. The summed E-state index contributed by atoms with van der Waals surface area (Å²) >= 11 is 5.60. The Morgan fingerprint density at radius 3 is 3.09 bits per heavy atom. The van der Waals surface area contributed by atoms with Crippen molar-refractivity contribution in [3.05, 3.63) is 28.8 Å². The van der Waals surface area contributed by atoms with E-state index in [-0.39, 0.29) is 6.10 Å². The molecule has 0 radical (unpaired) electrons. The Morgan fingerprint density at radius 2 is 2.45 bits per heavy atom. The summed E-state index contributed by atoms with van der Waals surface area (Å²) in [6.45, 7) is 0.568. The molecule has 1 aliphatic heterocycles. The van der Waals surface area contributed by atoms with Crippen LogP contribution in [-0.2, 0) is 4.74 Å². The normalized spacial score (nSPS) is 21.8. The molecule has 2 heterocycles. The van der Waals surface area contributed by atoms with Crippen LogP contribution in [0.4, 0.5) is 4.39 Å². The van der Waals surface area contributed by atoms with Crippen LogP contribution in [0.1, 0.15) is 11.7 Å². The Balaban J connectivity index is 2.42. The maximum absolute atomic E-state index is 12.8. The van der Waals surface area contributed by atoms with E-state index in [1.54, 1.807) is 6.07 Å². The average Bonchev–Trinajstić information content (AvgIpc) is 2.76. The third kappa shape index (κ3) is 1.34. The molecular formula is C7H5ClFNO. The van der Waals surface area contributed by atoms with Crippen molar-refractivity contribution in [3.8, 4) is 0 Å². The van der Waals surface area contributed by atoms with Gasteiger partial charge in [0.25, 0.3) is 0 Å². The standard InChI is InChI=1S/C7H5ClFNO/c8-4-1-5(6-3-11-6)7(9)10-2-4/h1-2,6H,3H2/t6-/m1/s1. The van der Waals surface area contributed by atoms with E-state index in [1.807, 2.05) is 0 Å². The van der Waals surface area contributed by atoms with Crippen molar-refractivity contribution < 1.29 is 9.13 Å². The minimum absolute atomic E-state index is 0.124. The Morgan fingerprint density at radius 1 is 1.73 bits per heavy atom. The van der Waals surface area contributed by atoms with Crippen LogP contribution >= 0.6 is 11.6 Å². The van der Waals surface area contributed by atoms with Crippen LogP contribution in [0.15, 0.2) is 12.3 Å². The second-order valence-corrected chi connectivity index (χ2v) is 2.79. The fourth-order valence-corrected chi connectivity index (χ4v) is 1.06. The van der Waals surface area contributed by atoms with Crippen molar-refractivity contribution in [1.29, 1.82) is 0 Å². The maximum Gasteiger partial charge on any atom is 0.218 e. The number of hydrogen-bond acceptors (Lipinski definition) is 2. The molecule has 2 nitrogen and oxygen atoms in total. The van der Waals surface area contributed by atoms with Gasteiger partial charge in [0.1, 0.15) is 6.10 Å². The van der Waals surface area contributed by atoms with Gasteiger partial charge in [-0.25, -0.2) is 4.98 Å². The van der Waals surface area contributed by atoms with Crippen molar-refractivity contribution >= 4 is 11.6 Å². The number of epoxide rings is 1. The Labute approximate surface area is 68.0 Å². The monoisotopic (exact) mass is 173 g/mol. The smallest absolute Gasteiger partial charge is 0.218 e. The second kappa shape index (κ2) is 2.43. The zero-order valence-corrected chi connectivity index (χ0v) is 6.31. The van der Waals surface area contributed by atoms with Crippen LogP contribution in [0.2, 0.25) is 5.02 Å². The number of ether oxygens (including phenoxy) is 1. The lowest BCUT2D eigenvalue weighted by Gasteiger charge is -1.96. The number of pyridine rings is 1. The van der Waals surface area contributed by atoms with Gasteiger partial charge in [-0.1, -0.05) is 11.6 Å². The second-order valence-electron chi connectivity index (χ2n) is 2.36. The number of halogens is 2. The third-order valence-corrected chi connectivity index (χ3v) is 1.72. The highest BCUT2D eigenvalue weighted by Gasteiger charge is 2.28. The first-order valence-electron chi connectivity index (χ1n) is 3.20. The molecule has 0 saturated carbocycles. The van der Waals surface area contributed by atoms with Gasteiger partial charge in [0, 0.05) is 11.8 Å². The molecule has 0 aromatic carbocycles. The summed E-state index contributed by atoms with van der Waals surface area (Å²) < 4.78 is 17.7. The summed E-state index contributed by atoms with van der Waals surface area (Å²) in [5, 5.41) is 0.442. The summed E-state index contributed by atoms with van der Waals surface area (Å²) in [6, 6.07) is 1.54. The molecule has 1 fully saturated rings. The zero-order valence-electron chi connectivity index (χ0n) is 5.55. The fraction of sp³-hybridized carbons (Fsp3) is 0.286. The molecule has 1 atom stereocenters. The summed E-state index contributed by atoms with van der Waals surface area (Å²) in [5.41, 5.74) is 0.456. The van der Waals surface area contributed by atoms with E-state index in [0.717, 1.165) is 0 Å². The molecule has 58 valence electrons. The van der Waals surface area contributed by atoms with Crippen LogP contribution in [0.5, 0.6) is 0 Å². The first-order chi connectivity index (χ1) is 5.27. The van der Waals surface area contributed by atoms with Gasteiger partial charge in [0.15, 0.2) is 0 Å². The molecule has 4 heteroatoms. The summed E-state index contributed by atoms with van der Waals surface area (Å²) in [5.74, 6) is -0.489. The van der Waals surface area contributed by atoms with Crippen molar-refractivity contribution in [2.75, 3.05) is 6.61 Å². The van der Waals surface area contributed by atoms with Crippen molar-refractivity contribution in [2.24, 2.45) is 0 Å². The highest BCUT2D eigenvalue weighted by molar-refractivity contribution is 6.30. The largest absolute Gasteiger partial charge is 0.368 e.